The summed E-state index contributed by atoms with van der Waals surface area (Å²) in [4.78, 5) is 25.2. The summed E-state index contributed by atoms with van der Waals surface area (Å²) in [7, 11) is 0. The highest BCUT2D eigenvalue weighted by molar-refractivity contribution is 5.98. The Kier molecular flexibility index (Phi) is 4.04. The van der Waals surface area contributed by atoms with E-state index >= 15 is 0 Å². The zero-order chi connectivity index (χ0) is 16.7. The van der Waals surface area contributed by atoms with Crippen molar-refractivity contribution in [3.8, 4) is 0 Å². The number of hydrogen-bond donors (Lipinski definition) is 2. The van der Waals surface area contributed by atoms with Crippen LogP contribution in [-0.2, 0) is 4.74 Å². The Morgan fingerprint density at radius 1 is 1.27 bits per heavy atom. The van der Waals surface area contributed by atoms with Gasteiger partial charge in [-0.05, 0) is 52.8 Å². The Bertz CT molecular complexity index is 607. The predicted octanol–water partition coefficient (Wildman–Crippen LogP) is 3.33. The van der Waals surface area contributed by atoms with E-state index in [1.54, 1.807) is 26.8 Å². The number of carboxylic acids is 1. The molecule has 2 rings (SSSR count). The van der Waals surface area contributed by atoms with Gasteiger partial charge in [0.15, 0.2) is 0 Å². The fraction of sp³-hybridized carbons (Fsp3) is 0.500. The van der Waals surface area contributed by atoms with Gasteiger partial charge in [-0.15, -0.1) is 0 Å². The Morgan fingerprint density at radius 3 is 2.45 bits per heavy atom. The minimum atomic E-state index is -1.03. The first-order valence-corrected chi connectivity index (χ1v) is 7.26. The number of aromatic carboxylic acids is 1. The van der Waals surface area contributed by atoms with E-state index in [0.717, 1.165) is 5.69 Å². The highest BCUT2D eigenvalue weighted by Crippen LogP contribution is 2.35. The van der Waals surface area contributed by atoms with Crippen molar-refractivity contribution >= 4 is 23.4 Å². The Morgan fingerprint density at radius 2 is 1.91 bits per heavy atom. The molecule has 0 fully saturated rings. The van der Waals surface area contributed by atoms with Crippen LogP contribution in [0.5, 0.6) is 0 Å². The standard InChI is InChI=1S/C16H22N2O4/c1-9-10(2)18(15(21)22-16(3,4)5)13-8-11(14(19)20)6-7-12(13)17-9/h6-10,17H,1-5H3,(H,19,20)/t9-,10+/m0/s1. The van der Waals surface area contributed by atoms with Crippen LogP contribution < -0.4 is 10.2 Å². The molecule has 1 heterocycles. The molecule has 1 aromatic rings. The lowest BCUT2D eigenvalue weighted by Crippen LogP contribution is -2.52. The van der Waals surface area contributed by atoms with Gasteiger partial charge < -0.3 is 15.2 Å². The number of ether oxygens (including phenoxy) is 1. The lowest BCUT2D eigenvalue weighted by Gasteiger charge is -2.40. The second kappa shape index (κ2) is 5.51. The zero-order valence-corrected chi connectivity index (χ0v) is 13.5. The van der Waals surface area contributed by atoms with Gasteiger partial charge in [0, 0.05) is 6.04 Å². The van der Waals surface area contributed by atoms with Gasteiger partial charge in [0.05, 0.1) is 23.0 Å². The molecule has 2 atom stereocenters. The number of nitrogens with one attached hydrogen (secondary N) is 1. The number of anilines is 2. The quantitative estimate of drug-likeness (QED) is 0.832. The van der Waals surface area contributed by atoms with Crippen LogP contribution in [0.15, 0.2) is 18.2 Å². The molecule has 0 bridgehead atoms. The minimum absolute atomic E-state index is 0.0238. The van der Waals surface area contributed by atoms with E-state index in [1.165, 1.54) is 17.0 Å². The lowest BCUT2D eigenvalue weighted by molar-refractivity contribution is 0.0562. The predicted molar refractivity (Wildman–Crippen MR) is 84.7 cm³/mol. The van der Waals surface area contributed by atoms with Crippen molar-refractivity contribution in [2.75, 3.05) is 10.2 Å². The Labute approximate surface area is 130 Å². The number of carboxylic acid groups (broad SMARTS) is 1. The summed E-state index contributed by atoms with van der Waals surface area (Å²) >= 11 is 0. The van der Waals surface area contributed by atoms with Gasteiger partial charge in [0.1, 0.15) is 5.60 Å². The fourth-order valence-corrected chi connectivity index (χ4v) is 2.37. The van der Waals surface area contributed by atoms with Crippen LogP contribution in [0.3, 0.4) is 0 Å². The summed E-state index contributed by atoms with van der Waals surface area (Å²) in [5, 5.41) is 12.4. The summed E-state index contributed by atoms with van der Waals surface area (Å²) in [6, 6.07) is 4.56. The van der Waals surface area contributed by atoms with Crippen LogP contribution in [0, 0.1) is 0 Å². The van der Waals surface area contributed by atoms with E-state index in [4.69, 9.17) is 9.84 Å². The molecule has 120 valence electrons. The van der Waals surface area contributed by atoms with Crippen molar-refractivity contribution in [1.82, 2.24) is 0 Å². The van der Waals surface area contributed by atoms with E-state index in [2.05, 4.69) is 5.32 Å². The van der Waals surface area contributed by atoms with Crippen LogP contribution >= 0.6 is 0 Å². The third-order valence-electron chi connectivity index (χ3n) is 3.61. The summed E-state index contributed by atoms with van der Waals surface area (Å²) in [5.74, 6) is -1.03. The molecule has 0 saturated heterocycles. The molecular formula is C16H22N2O4. The molecule has 6 nitrogen and oxygen atoms in total. The highest BCUT2D eigenvalue weighted by atomic mass is 16.6. The zero-order valence-electron chi connectivity index (χ0n) is 13.5. The maximum atomic E-state index is 12.5. The topological polar surface area (TPSA) is 78.9 Å². The van der Waals surface area contributed by atoms with E-state index in [0.29, 0.717) is 5.69 Å². The average Bonchev–Trinajstić information content (AvgIpc) is 2.37. The first-order chi connectivity index (χ1) is 10.1. The second-order valence-corrected chi connectivity index (χ2v) is 6.56. The third-order valence-corrected chi connectivity index (χ3v) is 3.61. The fourth-order valence-electron chi connectivity index (χ4n) is 2.37. The molecule has 1 amide bonds. The van der Waals surface area contributed by atoms with Crippen molar-refractivity contribution in [3.63, 3.8) is 0 Å². The largest absolute Gasteiger partial charge is 0.478 e. The molecule has 6 heteroatoms. The maximum absolute atomic E-state index is 12.5. The molecule has 1 aromatic carbocycles. The van der Waals surface area contributed by atoms with E-state index < -0.39 is 17.7 Å². The van der Waals surface area contributed by atoms with E-state index in [9.17, 15) is 9.59 Å². The summed E-state index contributed by atoms with van der Waals surface area (Å²) in [6.45, 7) is 9.27. The normalized spacial score (nSPS) is 20.9. The van der Waals surface area contributed by atoms with Gasteiger partial charge in [-0.3, -0.25) is 4.90 Å². The number of amides is 1. The van der Waals surface area contributed by atoms with E-state index in [-0.39, 0.29) is 17.6 Å². The smallest absolute Gasteiger partial charge is 0.415 e. The van der Waals surface area contributed by atoms with Crippen molar-refractivity contribution in [1.29, 1.82) is 0 Å². The first-order valence-electron chi connectivity index (χ1n) is 7.26. The molecule has 2 N–H and O–H groups in total. The van der Waals surface area contributed by atoms with Crippen molar-refractivity contribution in [3.05, 3.63) is 23.8 Å². The molecule has 0 saturated carbocycles. The first kappa shape index (κ1) is 16.1. The maximum Gasteiger partial charge on any atom is 0.415 e. The molecular weight excluding hydrogens is 284 g/mol. The van der Waals surface area contributed by atoms with E-state index in [1.807, 2.05) is 13.8 Å². The highest BCUT2D eigenvalue weighted by Gasteiger charge is 2.35. The minimum Gasteiger partial charge on any atom is -0.478 e. The molecule has 0 spiro atoms. The van der Waals surface area contributed by atoms with Gasteiger partial charge in [-0.2, -0.15) is 0 Å². The molecule has 1 aliphatic heterocycles. The van der Waals surface area contributed by atoms with Gasteiger partial charge in [-0.1, -0.05) is 0 Å². The lowest BCUT2D eigenvalue weighted by atomic mass is 10.0. The second-order valence-electron chi connectivity index (χ2n) is 6.56. The molecule has 1 aliphatic rings. The van der Waals surface area contributed by atoms with Crippen LogP contribution in [0.1, 0.15) is 45.0 Å². The van der Waals surface area contributed by atoms with Gasteiger partial charge >= 0.3 is 12.1 Å². The average molecular weight is 306 g/mol. The third kappa shape index (κ3) is 3.16. The number of nitrogens with zero attached hydrogens (tertiary/aromatic N) is 1. The monoisotopic (exact) mass is 306 g/mol. The van der Waals surface area contributed by atoms with Crippen molar-refractivity contribution < 1.29 is 19.4 Å². The Balaban J connectivity index is 2.46. The number of benzene rings is 1. The summed E-state index contributed by atoms with van der Waals surface area (Å²) in [5.41, 5.74) is 0.771. The van der Waals surface area contributed by atoms with Crippen molar-refractivity contribution in [2.45, 2.75) is 52.3 Å². The van der Waals surface area contributed by atoms with Crippen molar-refractivity contribution in [2.24, 2.45) is 0 Å². The van der Waals surface area contributed by atoms with Crippen LogP contribution in [0.4, 0.5) is 16.2 Å². The molecule has 0 aliphatic carbocycles. The van der Waals surface area contributed by atoms with Crippen LogP contribution in [-0.4, -0.2) is 34.9 Å². The number of carbonyl (C=O) groups is 2. The van der Waals surface area contributed by atoms with Crippen LogP contribution in [0.2, 0.25) is 0 Å². The molecule has 0 radical (unpaired) electrons. The molecule has 0 aromatic heterocycles. The number of rotatable bonds is 1. The summed E-state index contributed by atoms with van der Waals surface area (Å²) < 4.78 is 5.46. The SMILES string of the molecule is C[C@@H]1Nc2ccc(C(=O)O)cc2N(C(=O)OC(C)(C)C)[C@@H]1C. The van der Waals surface area contributed by atoms with Gasteiger partial charge in [0.2, 0.25) is 0 Å². The number of hydrogen-bond acceptors (Lipinski definition) is 4. The molecule has 0 unspecified atom stereocenters. The number of fused-ring (bicyclic) bond motifs is 1. The van der Waals surface area contributed by atoms with Gasteiger partial charge in [-0.25, -0.2) is 9.59 Å². The number of carbonyl (C=O) groups excluding carboxylic acids is 1. The van der Waals surface area contributed by atoms with Crippen LogP contribution in [0.25, 0.3) is 0 Å². The summed E-state index contributed by atoms with van der Waals surface area (Å²) in [6.07, 6.45) is -0.475. The Hall–Kier alpha value is -2.24. The molecule has 22 heavy (non-hydrogen) atoms. The van der Waals surface area contributed by atoms with Gasteiger partial charge in [0.25, 0.3) is 0 Å².